The molecule has 1 atom stereocenters. The highest BCUT2D eigenvalue weighted by Gasteiger charge is 2.16. The lowest BCUT2D eigenvalue weighted by atomic mass is 9.83. The molecule has 3 rings (SSSR count). The number of unbranched alkanes of at least 4 members (excludes halogenated alkanes) is 2. The second kappa shape index (κ2) is 10.3. The summed E-state index contributed by atoms with van der Waals surface area (Å²) < 4.78 is 14.5. The maximum absolute atomic E-state index is 14.5. The number of hydrogen-bond donors (Lipinski definition) is 0. The van der Waals surface area contributed by atoms with Crippen LogP contribution in [-0.2, 0) is 6.42 Å². The summed E-state index contributed by atoms with van der Waals surface area (Å²) in [5.41, 5.74) is 5.20. The Morgan fingerprint density at radius 3 is 2.36 bits per heavy atom. The molecule has 0 aromatic heterocycles. The summed E-state index contributed by atoms with van der Waals surface area (Å²) in [4.78, 5) is 0. The minimum Gasteiger partial charge on any atom is -0.205 e. The van der Waals surface area contributed by atoms with E-state index < -0.39 is 0 Å². The Morgan fingerprint density at radius 1 is 0.964 bits per heavy atom. The van der Waals surface area contributed by atoms with Gasteiger partial charge in [-0.25, -0.2) is 4.39 Å². The van der Waals surface area contributed by atoms with Gasteiger partial charge < -0.3 is 0 Å². The van der Waals surface area contributed by atoms with E-state index in [2.05, 4.69) is 37.3 Å². The van der Waals surface area contributed by atoms with Crippen LogP contribution in [-0.4, -0.2) is 0 Å². The van der Waals surface area contributed by atoms with E-state index in [1.807, 2.05) is 19.1 Å². The maximum Gasteiger partial charge on any atom is 0.145 e. The van der Waals surface area contributed by atoms with Crippen LogP contribution >= 0.6 is 11.6 Å². The molecule has 2 aromatic carbocycles. The minimum atomic E-state index is -0.269. The lowest BCUT2D eigenvalue weighted by Crippen LogP contribution is -2.05. The standard InChI is InChI=1S/C26H32ClF/c1-3-5-6-8-19-9-11-20(12-10-19)21-13-15-22(16-14-21)24-18-17-23(7-4-2)26(28)25(24)27/h11,13-19H,3-10,12H2,1-2H3. The van der Waals surface area contributed by atoms with Crippen LogP contribution in [0.25, 0.3) is 16.7 Å². The summed E-state index contributed by atoms with van der Waals surface area (Å²) in [6.45, 7) is 4.32. The fourth-order valence-corrected chi connectivity index (χ4v) is 4.53. The van der Waals surface area contributed by atoms with Crippen LogP contribution in [0.2, 0.25) is 5.02 Å². The van der Waals surface area contributed by atoms with Gasteiger partial charge in [-0.1, -0.05) is 100 Å². The Kier molecular flexibility index (Phi) is 7.73. The Morgan fingerprint density at radius 2 is 1.71 bits per heavy atom. The molecule has 1 aliphatic rings. The fraction of sp³-hybridized carbons (Fsp3) is 0.462. The van der Waals surface area contributed by atoms with E-state index in [1.165, 1.54) is 49.7 Å². The SMILES string of the molecule is CCCCCC1CC=C(c2ccc(-c3ccc(CCC)c(F)c3Cl)cc2)CC1. The van der Waals surface area contributed by atoms with Crippen LogP contribution in [0.1, 0.15) is 76.3 Å². The normalized spacial score (nSPS) is 16.9. The van der Waals surface area contributed by atoms with E-state index in [9.17, 15) is 4.39 Å². The molecule has 0 N–H and O–H groups in total. The zero-order chi connectivity index (χ0) is 19.9. The average Bonchev–Trinajstić information content (AvgIpc) is 2.73. The number of rotatable bonds is 8. The topological polar surface area (TPSA) is 0 Å². The van der Waals surface area contributed by atoms with Crippen LogP contribution < -0.4 is 0 Å². The van der Waals surface area contributed by atoms with E-state index >= 15 is 0 Å². The molecule has 0 saturated heterocycles. The first-order valence-corrected chi connectivity index (χ1v) is 11.3. The van der Waals surface area contributed by atoms with E-state index in [4.69, 9.17) is 11.6 Å². The predicted molar refractivity (Wildman–Crippen MR) is 120 cm³/mol. The lowest BCUT2D eigenvalue weighted by molar-refractivity contribution is 0.428. The van der Waals surface area contributed by atoms with Gasteiger partial charge in [0.25, 0.3) is 0 Å². The number of allylic oxidation sites excluding steroid dienone is 2. The van der Waals surface area contributed by atoms with Crippen LogP contribution in [0.3, 0.4) is 0 Å². The monoisotopic (exact) mass is 398 g/mol. The molecule has 2 heteroatoms. The molecular weight excluding hydrogens is 367 g/mol. The quantitative estimate of drug-likeness (QED) is 0.389. The van der Waals surface area contributed by atoms with Crippen molar-refractivity contribution in [1.82, 2.24) is 0 Å². The molecule has 0 radical (unpaired) electrons. The molecule has 0 heterocycles. The summed E-state index contributed by atoms with van der Waals surface area (Å²) in [5.74, 6) is 0.590. The van der Waals surface area contributed by atoms with Gasteiger partial charge in [0.1, 0.15) is 5.82 Å². The minimum absolute atomic E-state index is 0.241. The average molecular weight is 399 g/mol. The predicted octanol–water partition coefficient (Wildman–Crippen LogP) is 8.86. The Balaban J connectivity index is 1.70. The van der Waals surface area contributed by atoms with E-state index in [0.29, 0.717) is 5.56 Å². The molecule has 0 spiro atoms. The van der Waals surface area contributed by atoms with Gasteiger partial charge >= 0.3 is 0 Å². The molecule has 150 valence electrons. The van der Waals surface area contributed by atoms with Gasteiger partial charge in [0.15, 0.2) is 0 Å². The first-order valence-electron chi connectivity index (χ1n) is 10.9. The summed E-state index contributed by atoms with van der Waals surface area (Å²) in [6, 6.07) is 12.3. The molecule has 0 saturated carbocycles. The second-order valence-electron chi connectivity index (χ2n) is 8.09. The van der Waals surface area contributed by atoms with Crippen molar-refractivity contribution in [2.24, 2.45) is 5.92 Å². The third-order valence-corrected chi connectivity index (χ3v) is 6.35. The first kappa shape index (κ1) is 21.1. The zero-order valence-corrected chi connectivity index (χ0v) is 18.0. The largest absolute Gasteiger partial charge is 0.205 e. The van der Waals surface area contributed by atoms with Crippen molar-refractivity contribution >= 4 is 17.2 Å². The number of benzene rings is 2. The van der Waals surface area contributed by atoms with Crippen LogP contribution in [0, 0.1) is 11.7 Å². The number of halogens is 2. The molecule has 0 aliphatic heterocycles. The van der Waals surface area contributed by atoms with Gasteiger partial charge in [0.2, 0.25) is 0 Å². The van der Waals surface area contributed by atoms with Gasteiger partial charge in [-0.3, -0.25) is 0 Å². The highest BCUT2D eigenvalue weighted by Crippen LogP contribution is 2.35. The fourth-order valence-electron chi connectivity index (χ4n) is 4.23. The third-order valence-electron chi connectivity index (χ3n) is 5.98. The first-order chi connectivity index (χ1) is 13.6. The van der Waals surface area contributed by atoms with E-state index in [-0.39, 0.29) is 10.8 Å². The molecule has 0 bridgehead atoms. The van der Waals surface area contributed by atoms with Crippen molar-refractivity contribution in [3.63, 3.8) is 0 Å². The molecular formula is C26H32ClF. The van der Waals surface area contributed by atoms with E-state index in [1.54, 1.807) is 0 Å². The van der Waals surface area contributed by atoms with E-state index in [0.717, 1.165) is 36.3 Å². The van der Waals surface area contributed by atoms with Crippen molar-refractivity contribution in [2.45, 2.75) is 71.6 Å². The van der Waals surface area contributed by atoms with Gasteiger partial charge in [-0.05, 0) is 53.9 Å². The number of aryl methyl sites for hydroxylation is 1. The molecule has 1 aliphatic carbocycles. The Labute approximate surface area is 174 Å². The number of hydrogen-bond acceptors (Lipinski definition) is 0. The van der Waals surface area contributed by atoms with Crippen LogP contribution in [0.15, 0.2) is 42.5 Å². The van der Waals surface area contributed by atoms with Crippen molar-refractivity contribution in [1.29, 1.82) is 0 Å². The Bertz CT molecular complexity index is 804. The Hall–Kier alpha value is -1.60. The highest BCUT2D eigenvalue weighted by molar-refractivity contribution is 6.33. The molecule has 0 amide bonds. The maximum atomic E-state index is 14.5. The van der Waals surface area contributed by atoms with Gasteiger partial charge in [-0.2, -0.15) is 0 Å². The second-order valence-corrected chi connectivity index (χ2v) is 8.47. The van der Waals surface area contributed by atoms with Crippen LogP contribution in [0.5, 0.6) is 0 Å². The van der Waals surface area contributed by atoms with Gasteiger partial charge in [0, 0.05) is 5.56 Å². The molecule has 1 unspecified atom stereocenters. The third kappa shape index (κ3) is 5.06. The summed E-state index contributed by atoms with van der Waals surface area (Å²) in [7, 11) is 0. The van der Waals surface area contributed by atoms with Crippen LogP contribution in [0.4, 0.5) is 4.39 Å². The summed E-state index contributed by atoms with van der Waals surface area (Å²) in [6.07, 6.45) is 13.1. The van der Waals surface area contributed by atoms with Crippen molar-refractivity contribution in [3.8, 4) is 11.1 Å². The lowest BCUT2D eigenvalue weighted by Gasteiger charge is -2.22. The smallest absolute Gasteiger partial charge is 0.145 e. The van der Waals surface area contributed by atoms with Crippen molar-refractivity contribution in [2.75, 3.05) is 0 Å². The molecule has 0 fully saturated rings. The van der Waals surface area contributed by atoms with Gasteiger partial charge in [0.05, 0.1) is 5.02 Å². The molecule has 0 nitrogen and oxygen atoms in total. The van der Waals surface area contributed by atoms with Crippen molar-refractivity contribution in [3.05, 3.63) is 64.4 Å². The molecule has 2 aromatic rings. The highest BCUT2D eigenvalue weighted by atomic mass is 35.5. The zero-order valence-electron chi connectivity index (χ0n) is 17.2. The summed E-state index contributed by atoms with van der Waals surface area (Å²) >= 11 is 6.34. The van der Waals surface area contributed by atoms with Crippen molar-refractivity contribution < 1.29 is 4.39 Å². The summed E-state index contributed by atoms with van der Waals surface area (Å²) in [5, 5.41) is 0.241. The van der Waals surface area contributed by atoms with Gasteiger partial charge in [-0.15, -0.1) is 0 Å². The molecule has 28 heavy (non-hydrogen) atoms.